The molecular weight excluding hydrogens is 258 g/mol. The number of H-pyrrole nitrogens is 2. The fourth-order valence-corrected chi connectivity index (χ4v) is 2.56. The SMILES string of the molecule is CN1CCN(c2cc3[nH]c(=O)[nH]c3cc2NC=O)CC1. The summed E-state index contributed by atoms with van der Waals surface area (Å²) in [4.78, 5) is 32.1. The minimum absolute atomic E-state index is 0.243. The summed E-state index contributed by atoms with van der Waals surface area (Å²) >= 11 is 0. The lowest BCUT2D eigenvalue weighted by atomic mass is 10.2. The lowest BCUT2D eigenvalue weighted by Gasteiger charge is -2.35. The van der Waals surface area contributed by atoms with Crippen LogP contribution in [0.25, 0.3) is 11.0 Å². The highest BCUT2D eigenvalue weighted by molar-refractivity contribution is 5.91. The van der Waals surface area contributed by atoms with Gasteiger partial charge < -0.3 is 25.1 Å². The maximum absolute atomic E-state index is 11.4. The van der Waals surface area contributed by atoms with Gasteiger partial charge in [-0.05, 0) is 19.2 Å². The number of fused-ring (bicyclic) bond motifs is 1. The molecule has 3 N–H and O–H groups in total. The minimum Gasteiger partial charge on any atom is -0.367 e. The van der Waals surface area contributed by atoms with E-state index >= 15 is 0 Å². The van der Waals surface area contributed by atoms with Gasteiger partial charge in [0.2, 0.25) is 6.41 Å². The zero-order valence-electron chi connectivity index (χ0n) is 11.3. The predicted molar refractivity (Wildman–Crippen MR) is 78.3 cm³/mol. The second-order valence-corrected chi connectivity index (χ2v) is 5.05. The summed E-state index contributed by atoms with van der Waals surface area (Å²) < 4.78 is 0. The fourth-order valence-electron chi connectivity index (χ4n) is 2.56. The van der Waals surface area contributed by atoms with Crippen molar-refractivity contribution in [3.8, 4) is 0 Å². The van der Waals surface area contributed by atoms with E-state index in [9.17, 15) is 9.59 Å². The molecule has 2 aromatic rings. The number of likely N-dealkylation sites (N-methyl/N-ethyl adjacent to an activating group) is 1. The molecule has 1 aliphatic rings. The molecule has 1 aromatic heterocycles. The average molecular weight is 275 g/mol. The maximum Gasteiger partial charge on any atom is 0.323 e. The van der Waals surface area contributed by atoms with E-state index in [0.29, 0.717) is 17.6 Å². The number of amides is 1. The molecule has 1 saturated heterocycles. The van der Waals surface area contributed by atoms with Gasteiger partial charge in [-0.2, -0.15) is 0 Å². The number of piperazine rings is 1. The van der Waals surface area contributed by atoms with E-state index in [1.807, 2.05) is 6.07 Å². The minimum atomic E-state index is -0.243. The first kappa shape index (κ1) is 12.7. The van der Waals surface area contributed by atoms with Gasteiger partial charge in [-0.1, -0.05) is 0 Å². The zero-order chi connectivity index (χ0) is 14.1. The summed E-state index contributed by atoms with van der Waals surface area (Å²) in [5.74, 6) is 0. The van der Waals surface area contributed by atoms with Gasteiger partial charge in [0.25, 0.3) is 0 Å². The molecule has 2 heterocycles. The van der Waals surface area contributed by atoms with Crippen molar-refractivity contribution in [3.05, 3.63) is 22.6 Å². The number of aromatic nitrogens is 2. The fraction of sp³-hybridized carbons (Fsp3) is 0.385. The Hall–Kier alpha value is -2.28. The third-order valence-corrected chi connectivity index (χ3v) is 3.69. The summed E-state index contributed by atoms with van der Waals surface area (Å²) in [6.07, 6.45) is 0.658. The van der Waals surface area contributed by atoms with Crippen LogP contribution >= 0.6 is 0 Å². The van der Waals surface area contributed by atoms with Crippen molar-refractivity contribution < 1.29 is 4.79 Å². The molecule has 0 unspecified atom stereocenters. The Morgan fingerprint density at radius 1 is 1.15 bits per heavy atom. The number of imidazole rings is 1. The first-order valence-electron chi connectivity index (χ1n) is 6.57. The molecule has 1 aliphatic heterocycles. The summed E-state index contributed by atoms with van der Waals surface area (Å²) in [6, 6.07) is 3.69. The molecule has 3 rings (SSSR count). The normalized spacial score (nSPS) is 16.6. The van der Waals surface area contributed by atoms with Crippen LogP contribution in [0.2, 0.25) is 0 Å². The maximum atomic E-state index is 11.4. The molecule has 0 saturated carbocycles. The number of anilines is 2. The molecule has 0 spiro atoms. The summed E-state index contributed by atoms with van der Waals surface area (Å²) in [6.45, 7) is 3.73. The number of hydrogen-bond acceptors (Lipinski definition) is 4. The summed E-state index contributed by atoms with van der Waals surface area (Å²) in [7, 11) is 2.09. The standard InChI is InChI=1S/C13H17N5O2/c1-17-2-4-18(5-3-17)12-7-10-9(15-13(20)16-10)6-11(12)14-8-19/h6-8H,2-5H2,1H3,(H,14,19)(H2,15,16,20). The topological polar surface area (TPSA) is 84.2 Å². The van der Waals surface area contributed by atoms with Gasteiger partial charge in [-0.15, -0.1) is 0 Å². The number of carbonyl (C=O) groups excluding carboxylic acids is 1. The Bertz CT molecular complexity index is 682. The lowest BCUT2D eigenvalue weighted by molar-refractivity contribution is -0.105. The van der Waals surface area contributed by atoms with E-state index in [2.05, 4.69) is 32.1 Å². The van der Waals surface area contributed by atoms with Crippen molar-refractivity contribution in [2.75, 3.05) is 43.4 Å². The molecule has 1 aromatic carbocycles. The monoisotopic (exact) mass is 275 g/mol. The van der Waals surface area contributed by atoms with Crippen LogP contribution in [0.5, 0.6) is 0 Å². The van der Waals surface area contributed by atoms with Crippen molar-refractivity contribution in [2.24, 2.45) is 0 Å². The molecule has 7 heteroatoms. The molecule has 20 heavy (non-hydrogen) atoms. The molecule has 0 aliphatic carbocycles. The van der Waals surface area contributed by atoms with Crippen LogP contribution in [0.4, 0.5) is 11.4 Å². The van der Waals surface area contributed by atoms with Crippen LogP contribution in [0, 0.1) is 0 Å². The number of nitrogens with zero attached hydrogens (tertiary/aromatic N) is 2. The second kappa shape index (κ2) is 5.01. The van der Waals surface area contributed by atoms with Gasteiger partial charge in [-0.3, -0.25) is 4.79 Å². The Balaban J connectivity index is 2.04. The number of carbonyl (C=O) groups is 1. The molecule has 106 valence electrons. The quantitative estimate of drug-likeness (QED) is 0.698. The smallest absolute Gasteiger partial charge is 0.323 e. The molecule has 1 fully saturated rings. The summed E-state index contributed by atoms with van der Waals surface area (Å²) in [5.41, 5.74) is 2.85. The second-order valence-electron chi connectivity index (χ2n) is 5.05. The first-order valence-corrected chi connectivity index (χ1v) is 6.57. The van der Waals surface area contributed by atoms with Gasteiger partial charge in [0.05, 0.1) is 22.4 Å². The predicted octanol–water partition coefficient (Wildman–Crippen LogP) is 0.176. The molecule has 0 atom stereocenters. The molecule has 1 amide bonds. The van der Waals surface area contributed by atoms with Crippen LogP contribution in [0.15, 0.2) is 16.9 Å². The third kappa shape index (κ3) is 2.27. The Kier molecular flexibility index (Phi) is 3.19. The number of benzene rings is 1. The van der Waals surface area contributed by atoms with E-state index < -0.39 is 0 Å². The average Bonchev–Trinajstić information content (AvgIpc) is 2.78. The third-order valence-electron chi connectivity index (χ3n) is 3.69. The largest absolute Gasteiger partial charge is 0.367 e. The lowest BCUT2D eigenvalue weighted by Crippen LogP contribution is -2.44. The van der Waals surface area contributed by atoms with Gasteiger partial charge in [-0.25, -0.2) is 4.79 Å². The van der Waals surface area contributed by atoms with Crippen LogP contribution in [0.3, 0.4) is 0 Å². The van der Waals surface area contributed by atoms with Crippen molar-refractivity contribution in [3.63, 3.8) is 0 Å². The van der Waals surface area contributed by atoms with E-state index in [1.54, 1.807) is 6.07 Å². The first-order chi connectivity index (χ1) is 9.67. The van der Waals surface area contributed by atoms with E-state index in [4.69, 9.17) is 0 Å². The van der Waals surface area contributed by atoms with Gasteiger partial charge in [0, 0.05) is 26.2 Å². The Morgan fingerprint density at radius 2 is 1.80 bits per heavy atom. The highest BCUT2D eigenvalue weighted by Crippen LogP contribution is 2.30. The highest BCUT2D eigenvalue weighted by Gasteiger charge is 2.18. The number of hydrogen-bond donors (Lipinski definition) is 3. The number of rotatable bonds is 3. The highest BCUT2D eigenvalue weighted by atomic mass is 16.1. The molecule has 0 bridgehead atoms. The number of nitrogens with one attached hydrogen (secondary N) is 3. The molecule has 7 nitrogen and oxygen atoms in total. The van der Waals surface area contributed by atoms with Crippen molar-refractivity contribution in [1.29, 1.82) is 0 Å². The van der Waals surface area contributed by atoms with Crippen LogP contribution < -0.4 is 15.9 Å². The van der Waals surface area contributed by atoms with Crippen molar-refractivity contribution in [2.45, 2.75) is 0 Å². The van der Waals surface area contributed by atoms with Gasteiger partial charge in [0.1, 0.15) is 0 Å². The van der Waals surface area contributed by atoms with E-state index in [-0.39, 0.29) is 5.69 Å². The molecule has 0 radical (unpaired) electrons. The van der Waals surface area contributed by atoms with Gasteiger partial charge >= 0.3 is 5.69 Å². The zero-order valence-corrected chi connectivity index (χ0v) is 11.3. The Morgan fingerprint density at radius 3 is 2.45 bits per heavy atom. The van der Waals surface area contributed by atoms with Crippen LogP contribution in [0.1, 0.15) is 0 Å². The van der Waals surface area contributed by atoms with Crippen LogP contribution in [-0.4, -0.2) is 54.5 Å². The van der Waals surface area contributed by atoms with E-state index in [0.717, 1.165) is 37.4 Å². The Labute approximate surface area is 115 Å². The van der Waals surface area contributed by atoms with Crippen LogP contribution in [-0.2, 0) is 4.79 Å². The van der Waals surface area contributed by atoms with Gasteiger partial charge in [0.15, 0.2) is 0 Å². The molecular formula is C13H17N5O2. The summed E-state index contributed by atoms with van der Waals surface area (Å²) in [5, 5.41) is 2.71. The van der Waals surface area contributed by atoms with Crippen molar-refractivity contribution >= 4 is 28.8 Å². The number of aromatic amines is 2. The van der Waals surface area contributed by atoms with Crippen molar-refractivity contribution in [1.82, 2.24) is 14.9 Å². The van der Waals surface area contributed by atoms with E-state index in [1.165, 1.54) is 0 Å².